The first-order chi connectivity index (χ1) is 13.3. The summed E-state index contributed by atoms with van der Waals surface area (Å²) in [7, 11) is 0. The molecular weight excluding hydrogens is 362 g/mol. The zero-order valence-corrected chi connectivity index (χ0v) is 16.0. The third-order valence-corrected chi connectivity index (χ3v) is 5.86. The monoisotopic (exact) mass is 385 g/mol. The van der Waals surface area contributed by atoms with Crippen LogP contribution in [-0.2, 0) is 21.8 Å². The van der Waals surface area contributed by atoms with Gasteiger partial charge in [0.1, 0.15) is 0 Å². The molecule has 0 aliphatic carbocycles. The molecule has 7 nitrogen and oxygen atoms in total. The second-order valence-electron chi connectivity index (χ2n) is 6.73. The van der Waals surface area contributed by atoms with Crippen molar-refractivity contribution < 1.29 is 9.47 Å². The van der Waals surface area contributed by atoms with Gasteiger partial charge >= 0.3 is 0 Å². The van der Waals surface area contributed by atoms with Gasteiger partial charge in [-0.3, -0.25) is 4.57 Å². The summed E-state index contributed by atoms with van der Waals surface area (Å²) in [6, 6.07) is 9.91. The number of ether oxygens (including phenoxy) is 2. The maximum atomic E-state index is 9.09. The molecule has 142 valence electrons. The molecule has 4 rings (SSSR count). The summed E-state index contributed by atoms with van der Waals surface area (Å²) in [6.45, 7) is 4.72. The van der Waals surface area contributed by atoms with Crippen molar-refractivity contribution in [3.8, 4) is 6.07 Å². The molecule has 2 aliphatic rings. The van der Waals surface area contributed by atoms with Gasteiger partial charge < -0.3 is 14.4 Å². The second-order valence-corrected chi connectivity index (χ2v) is 7.67. The lowest BCUT2D eigenvalue weighted by Crippen LogP contribution is -2.38. The predicted molar refractivity (Wildman–Crippen MR) is 103 cm³/mol. The molecule has 0 radical (unpaired) electrons. The highest BCUT2D eigenvalue weighted by Crippen LogP contribution is 2.28. The molecule has 27 heavy (non-hydrogen) atoms. The third-order valence-electron chi connectivity index (χ3n) is 4.83. The van der Waals surface area contributed by atoms with Crippen LogP contribution in [0.1, 0.15) is 24.0 Å². The Bertz CT molecular complexity index is 807. The largest absolute Gasteiger partial charge is 0.378 e. The van der Waals surface area contributed by atoms with E-state index in [-0.39, 0.29) is 6.10 Å². The van der Waals surface area contributed by atoms with Gasteiger partial charge in [0.05, 0.1) is 37.5 Å². The predicted octanol–water partition coefficient (Wildman–Crippen LogP) is 2.46. The van der Waals surface area contributed by atoms with E-state index in [2.05, 4.69) is 25.7 Å². The normalized spacial score (nSPS) is 20.0. The zero-order valence-electron chi connectivity index (χ0n) is 15.2. The van der Waals surface area contributed by atoms with E-state index in [1.54, 1.807) is 11.8 Å². The molecule has 2 saturated heterocycles. The summed E-state index contributed by atoms with van der Waals surface area (Å²) >= 11 is 1.65. The molecular formula is C19H23N5O2S. The summed E-state index contributed by atoms with van der Waals surface area (Å²) in [4.78, 5) is 2.24. The second kappa shape index (κ2) is 8.74. The summed E-state index contributed by atoms with van der Waals surface area (Å²) in [5.74, 6) is 1.66. The first-order valence-corrected chi connectivity index (χ1v) is 10.3. The van der Waals surface area contributed by atoms with E-state index in [0.29, 0.717) is 5.56 Å². The Balaban J connectivity index is 1.53. The number of nitrogens with zero attached hydrogens (tertiary/aromatic N) is 5. The van der Waals surface area contributed by atoms with Crippen molar-refractivity contribution in [1.29, 1.82) is 5.26 Å². The Morgan fingerprint density at radius 3 is 2.89 bits per heavy atom. The lowest BCUT2D eigenvalue weighted by Gasteiger charge is -2.28. The van der Waals surface area contributed by atoms with Crippen molar-refractivity contribution in [2.45, 2.75) is 36.4 Å². The number of benzene rings is 1. The van der Waals surface area contributed by atoms with Gasteiger partial charge in [0.25, 0.3) is 0 Å². The number of hydrogen-bond acceptors (Lipinski definition) is 7. The topological polar surface area (TPSA) is 76.2 Å². The minimum absolute atomic E-state index is 0.224. The maximum absolute atomic E-state index is 9.09. The van der Waals surface area contributed by atoms with Crippen LogP contribution < -0.4 is 4.90 Å². The summed E-state index contributed by atoms with van der Waals surface area (Å²) in [6.07, 6.45) is 2.42. The first-order valence-electron chi connectivity index (χ1n) is 9.33. The quantitative estimate of drug-likeness (QED) is 0.707. The van der Waals surface area contributed by atoms with Crippen molar-refractivity contribution in [3.63, 3.8) is 0 Å². The van der Waals surface area contributed by atoms with E-state index in [9.17, 15) is 0 Å². The molecule has 2 aliphatic heterocycles. The van der Waals surface area contributed by atoms with E-state index in [1.807, 2.05) is 24.3 Å². The molecule has 8 heteroatoms. The molecule has 2 aromatic rings. The van der Waals surface area contributed by atoms with Crippen LogP contribution in [0.15, 0.2) is 29.4 Å². The van der Waals surface area contributed by atoms with E-state index in [4.69, 9.17) is 14.7 Å². The lowest BCUT2D eigenvalue weighted by atomic mass is 10.2. The molecule has 2 fully saturated rings. The smallest absolute Gasteiger partial charge is 0.228 e. The Labute approximate surface area is 163 Å². The molecule has 1 aromatic heterocycles. The van der Waals surface area contributed by atoms with Crippen molar-refractivity contribution in [2.24, 2.45) is 0 Å². The van der Waals surface area contributed by atoms with Gasteiger partial charge in [-0.2, -0.15) is 5.26 Å². The summed E-state index contributed by atoms with van der Waals surface area (Å²) in [5.41, 5.74) is 1.79. The van der Waals surface area contributed by atoms with E-state index in [0.717, 1.165) is 74.7 Å². The average Bonchev–Trinajstić information content (AvgIpc) is 3.38. The highest BCUT2D eigenvalue weighted by atomic mass is 32.2. The number of anilines is 1. The van der Waals surface area contributed by atoms with Crippen molar-refractivity contribution in [3.05, 3.63) is 35.4 Å². The minimum Gasteiger partial charge on any atom is -0.378 e. The molecule has 0 N–H and O–H groups in total. The highest BCUT2D eigenvalue weighted by Gasteiger charge is 2.24. The van der Waals surface area contributed by atoms with E-state index in [1.165, 1.54) is 0 Å². The Kier molecular flexibility index (Phi) is 5.92. The van der Waals surface area contributed by atoms with E-state index >= 15 is 0 Å². The maximum Gasteiger partial charge on any atom is 0.228 e. The van der Waals surface area contributed by atoms with Crippen LogP contribution in [0.5, 0.6) is 0 Å². The Morgan fingerprint density at radius 2 is 2.11 bits per heavy atom. The SMILES string of the molecule is N#Cc1cccc(CSc2nnc(N3CCOCC3)n2CC2CCCO2)c1. The molecule has 0 spiro atoms. The van der Waals surface area contributed by atoms with Crippen LogP contribution in [0, 0.1) is 11.3 Å². The first kappa shape index (κ1) is 18.3. The molecule has 3 heterocycles. The van der Waals surface area contributed by atoms with Crippen molar-refractivity contribution >= 4 is 17.7 Å². The van der Waals surface area contributed by atoms with Gasteiger partial charge in [-0.05, 0) is 30.5 Å². The molecule has 1 unspecified atom stereocenters. The van der Waals surface area contributed by atoms with E-state index < -0.39 is 0 Å². The van der Waals surface area contributed by atoms with Crippen molar-refractivity contribution in [2.75, 3.05) is 37.8 Å². The molecule has 0 bridgehead atoms. The van der Waals surface area contributed by atoms with Crippen LogP contribution in [0.2, 0.25) is 0 Å². The number of hydrogen-bond donors (Lipinski definition) is 0. The Morgan fingerprint density at radius 1 is 1.22 bits per heavy atom. The number of nitriles is 1. The van der Waals surface area contributed by atoms with Gasteiger partial charge in [0, 0.05) is 25.4 Å². The standard InChI is InChI=1S/C19H23N5O2S/c20-12-15-3-1-4-16(11-15)14-27-19-22-21-18(23-6-9-25-10-7-23)24(19)13-17-5-2-8-26-17/h1,3-4,11,17H,2,5-10,13-14H2. The van der Waals surface area contributed by atoms with Gasteiger partial charge in [0.2, 0.25) is 5.95 Å². The average molecular weight is 385 g/mol. The van der Waals surface area contributed by atoms with Crippen LogP contribution in [0.3, 0.4) is 0 Å². The van der Waals surface area contributed by atoms with Gasteiger partial charge in [-0.15, -0.1) is 10.2 Å². The number of morpholine rings is 1. The van der Waals surface area contributed by atoms with Crippen molar-refractivity contribution in [1.82, 2.24) is 14.8 Å². The third kappa shape index (κ3) is 4.43. The molecule has 1 aromatic carbocycles. The molecule has 1 atom stereocenters. The van der Waals surface area contributed by atoms with Crippen LogP contribution in [0.25, 0.3) is 0 Å². The number of aromatic nitrogens is 3. The van der Waals surface area contributed by atoms with Gasteiger partial charge in [-0.25, -0.2) is 0 Å². The zero-order chi connectivity index (χ0) is 18.5. The van der Waals surface area contributed by atoms with Crippen LogP contribution >= 0.6 is 11.8 Å². The summed E-state index contributed by atoms with van der Waals surface area (Å²) < 4.78 is 13.5. The number of rotatable bonds is 6. The summed E-state index contributed by atoms with van der Waals surface area (Å²) in [5, 5.41) is 18.9. The van der Waals surface area contributed by atoms with Crippen LogP contribution in [0.4, 0.5) is 5.95 Å². The lowest BCUT2D eigenvalue weighted by molar-refractivity contribution is 0.0942. The fraction of sp³-hybridized carbons (Fsp3) is 0.526. The number of thioether (sulfide) groups is 1. The van der Waals surface area contributed by atoms with Crippen LogP contribution in [-0.4, -0.2) is 53.8 Å². The highest BCUT2D eigenvalue weighted by molar-refractivity contribution is 7.98. The minimum atomic E-state index is 0.224. The molecule has 0 amide bonds. The van der Waals surface area contributed by atoms with Gasteiger partial charge in [-0.1, -0.05) is 23.9 Å². The fourth-order valence-electron chi connectivity index (χ4n) is 3.42. The fourth-order valence-corrected chi connectivity index (χ4v) is 4.30. The van der Waals surface area contributed by atoms with Gasteiger partial charge in [0.15, 0.2) is 5.16 Å². The molecule has 0 saturated carbocycles. The Hall–Kier alpha value is -2.08.